The number of anilines is 1. The van der Waals surface area contributed by atoms with Crippen LogP contribution in [-0.4, -0.2) is 54.1 Å². The lowest BCUT2D eigenvalue weighted by Crippen LogP contribution is -2.40. The molecule has 0 unspecified atom stereocenters. The van der Waals surface area contributed by atoms with E-state index in [2.05, 4.69) is 24.5 Å². The highest BCUT2D eigenvalue weighted by molar-refractivity contribution is 5.97. The van der Waals surface area contributed by atoms with Gasteiger partial charge in [0.15, 0.2) is 12.4 Å². The number of amides is 2. The van der Waals surface area contributed by atoms with Gasteiger partial charge < -0.3 is 25.4 Å². The summed E-state index contributed by atoms with van der Waals surface area (Å²) in [4.78, 5) is 26.8. The average Bonchev–Trinajstić information content (AvgIpc) is 2.92. The number of halogens is 1. The van der Waals surface area contributed by atoms with Crippen LogP contribution in [0.4, 0.5) is 10.1 Å². The third-order valence-electron chi connectivity index (χ3n) is 7.29. The fourth-order valence-electron chi connectivity index (χ4n) is 5.01. The van der Waals surface area contributed by atoms with Gasteiger partial charge in [0, 0.05) is 25.6 Å². The van der Waals surface area contributed by atoms with Crippen LogP contribution in [0.25, 0.3) is 0 Å². The van der Waals surface area contributed by atoms with Gasteiger partial charge in [-0.1, -0.05) is 57.4 Å². The zero-order chi connectivity index (χ0) is 28.2. The van der Waals surface area contributed by atoms with Crippen LogP contribution >= 0.6 is 0 Å². The van der Waals surface area contributed by atoms with Crippen LogP contribution in [0.1, 0.15) is 82.9 Å². The lowest BCUT2D eigenvalue weighted by Gasteiger charge is -2.30. The highest BCUT2D eigenvalue weighted by atomic mass is 19.1. The second-order valence-corrected chi connectivity index (χ2v) is 10.5. The van der Waals surface area contributed by atoms with Gasteiger partial charge in [-0.05, 0) is 75.8 Å². The van der Waals surface area contributed by atoms with Crippen LogP contribution in [0, 0.1) is 12.7 Å². The zero-order valence-electron chi connectivity index (χ0n) is 23.7. The quantitative estimate of drug-likeness (QED) is 0.170. The Morgan fingerprint density at radius 1 is 1.12 bits per heavy atom. The first-order valence-electron chi connectivity index (χ1n) is 14.3. The Kier molecular flexibility index (Phi) is 13.9. The van der Waals surface area contributed by atoms with E-state index in [1.807, 2.05) is 24.0 Å². The first kappa shape index (κ1) is 33.1. The smallest absolute Gasteiger partial charge is 0.262 e. The molecule has 0 saturated heterocycles. The third-order valence-corrected chi connectivity index (χ3v) is 7.29. The monoisotopic (exact) mass is 557 g/mol. The van der Waals surface area contributed by atoms with Gasteiger partial charge in [-0.25, -0.2) is 4.39 Å². The minimum Gasteiger partial charge on any atom is -0.506 e. The predicted octanol–water partition coefficient (Wildman–Crippen LogP) is 6.15. The summed E-state index contributed by atoms with van der Waals surface area (Å²) < 4.78 is 19.5. The summed E-state index contributed by atoms with van der Waals surface area (Å²) in [7, 11) is 0. The number of phenols is 1. The maximum atomic E-state index is 14.0. The van der Waals surface area contributed by atoms with E-state index >= 15 is 0 Å². The molecule has 2 amide bonds. The average molecular weight is 558 g/mol. The van der Waals surface area contributed by atoms with Crippen molar-refractivity contribution >= 4 is 17.5 Å². The lowest BCUT2D eigenvalue weighted by atomic mass is 10.0. The summed E-state index contributed by atoms with van der Waals surface area (Å²) >= 11 is 0. The SMILES string of the molecule is C.CCCC[C@@H](C)N(CCCCCc1ccc(O)c2c1OCC(=O)N2)C(=O)CCNCCc1cc(C)ccc1F. The van der Waals surface area contributed by atoms with Crippen LogP contribution in [0.15, 0.2) is 30.3 Å². The molecule has 222 valence electrons. The number of ether oxygens (including phenoxy) is 1. The molecule has 0 bridgehead atoms. The second kappa shape index (κ2) is 16.9. The van der Waals surface area contributed by atoms with Gasteiger partial charge in [0.25, 0.3) is 5.91 Å². The van der Waals surface area contributed by atoms with Crippen LogP contribution in [0.5, 0.6) is 11.5 Å². The van der Waals surface area contributed by atoms with E-state index in [9.17, 15) is 19.1 Å². The molecule has 0 fully saturated rings. The second-order valence-electron chi connectivity index (χ2n) is 10.5. The van der Waals surface area contributed by atoms with Gasteiger partial charge in [0.05, 0.1) is 0 Å². The molecule has 3 rings (SSSR count). The minimum absolute atomic E-state index is 0. The number of hydrogen-bond donors (Lipinski definition) is 3. The molecule has 3 N–H and O–H groups in total. The van der Waals surface area contributed by atoms with Gasteiger partial charge in [-0.15, -0.1) is 0 Å². The Morgan fingerprint density at radius 2 is 1.93 bits per heavy atom. The summed E-state index contributed by atoms with van der Waals surface area (Å²) in [5.41, 5.74) is 3.06. The van der Waals surface area contributed by atoms with Gasteiger partial charge in [-0.3, -0.25) is 9.59 Å². The number of fused-ring (bicyclic) bond motifs is 1. The molecule has 7 nitrogen and oxygen atoms in total. The molecule has 0 aromatic heterocycles. The van der Waals surface area contributed by atoms with E-state index in [-0.39, 0.29) is 43.5 Å². The molecule has 1 atom stereocenters. The molecule has 0 saturated carbocycles. The molecule has 0 radical (unpaired) electrons. The molecule has 1 heterocycles. The molecule has 8 heteroatoms. The lowest BCUT2D eigenvalue weighted by molar-refractivity contribution is -0.133. The van der Waals surface area contributed by atoms with Crippen molar-refractivity contribution in [1.29, 1.82) is 0 Å². The number of rotatable bonds is 16. The highest BCUT2D eigenvalue weighted by Crippen LogP contribution is 2.39. The van der Waals surface area contributed by atoms with Crippen molar-refractivity contribution in [2.24, 2.45) is 0 Å². The van der Waals surface area contributed by atoms with Crippen molar-refractivity contribution in [3.63, 3.8) is 0 Å². The normalized spacial score (nSPS) is 13.1. The fraction of sp³-hybridized carbons (Fsp3) is 0.562. The number of nitrogens with zero attached hydrogens (tertiary/aromatic N) is 1. The number of phenolic OH excluding ortho intramolecular Hbond substituents is 1. The first-order chi connectivity index (χ1) is 18.8. The van der Waals surface area contributed by atoms with Crippen molar-refractivity contribution in [1.82, 2.24) is 10.2 Å². The van der Waals surface area contributed by atoms with Crippen LogP contribution in [-0.2, 0) is 22.4 Å². The van der Waals surface area contributed by atoms with Crippen molar-refractivity contribution in [2.45, 2.75) is 92.0 Å². The summed E-state index contributed by atoms with van der Waals surface area (Å²) in [6.45, 7) is 8.14. The molecule has 1 aliphatic rings. The Balaban J connectivity index is 0.00000560. The van der Waals surface area contributed by atoms with Crippen molar-refractivity contribution < 1.29 is 23.8 Å². The summed E-state index contributed by atoms with van der Waals surface area (Å²) in [6.07, 6.45) is 7.74. The van der Waals surface area contributed by atoms with E-state index in [4.69, 9.17) is 4.74 Å². The van der Waals surface area contributed by atoms with E-state index < -0.39 is 0 Å². The zero-order valence-corrected chi connectivity index (χ0v) is 23.7. The number of nitrogens with one attached hydrogen (secondary N) is 2. The fourth-order valence-corrected chi connectivity index (χ4v) is 5.01. The summed E-state index contributed by atoms with van der Waals surface area (Å²) in [5, 5.41) is 16.0. The number of carbonyl (C=O) groups is 2. The Morgan fingerprint density at radius 3 is 2.70 bits per heavy atom. The Hall–Kier alpha value is -3.13. The largest absolute Gasteiger partial charge is 0.506 e. The number of carbonyl (C=O) groups excluding carboxylic acids is 2. The topological polar surface area (TPSA) is 90.9 Å². The van der Waals surface area contributed by atoms with Crippen LogP contribution in [0.2, 0.25) is 0 Å². The van der Waals surface area contributed by atoms with Gasteiger partial charge in [0.1, 0.15) is 17.3 Å². The van der Waals surface area contributed by atoms with Crippen molar-refractivity contribution in [3.05, 3.63) is 52.8 Å². The summed E-state index contributed by atoms with van der Waals surface area (Å²) in [6, 6.07) is 8.78. The predicted molar refractivity (Wildman–Crippen MR) is 160 cm³/mol. The number of unbranched alkanes of at least 4 members (excludes halogenated alkanes) is 3. The van der Waals surface area contributed by atoms with Crippen molar-refractivity contribution in [3.8, 4) is 11.5 Å². The van der Waals surface area contributed by atoms with Crippen molar-refractivity contribution in [2.75, 3.05) is 31.6 Å². The number of aromatic hydroxyl groups is 1. The van der Waals surface area contributed by atoms with E-state index in [0.717, 1.165) is 62.6 Å². The molecule has 2 aromatic carbocycles. The van der Waals surface area contributed by atoms with Gasteiger partial charge in [-0.2, -0.15) is 0 Å². The molecule has 1 aliphatic heterocycles. The maximum Gasteiger partial charge on any atom is 0.262 e. The maximum absolute atomic E-state index is 14.0. The van der Waals surface area contributed by atoms with Gasteiger partial charge >= 0.3 is 0 Å². The minimum atomic E-state index is -0.271. The third kappa shape index (κ3) is 9.81. The molecule has 0 spiro atoms. The molecular formula is C32H48FN3O4. The molecular weight excluding hydrogens is 509 g/mol. The standard InChI is InChI=1S/C31H44FN3O4.CH4/c1-4-5-9-23(3)35(29(38)16-18-33-17-15-25-20-22(2)11-13-26(25)32)19-8-6-7-10-24-12-14-27(36)30-31(24)39-21-28(37)34-30;/h11-14,20,23,33,36H,4-10,15-19,21H2,1-3H3,(H,34,37);1H4/t23-;/m1./s1. The first-order valence-corrected chi connectivity index (χ1v) is 14.3. The Bertz CT molecular complexity index is 1110. The number of aryl methyl sites for hydroxylation is 2. The molecule has 2 aromatic rings. The van der Waals surface area contributed by atoms with E-state index in [1.54, 1.807) is 12.1 Å². The van der Waals surface area contributed by atoms with E-state index in [1.165, 1.54) is 6.07 Å². The van der Waals surface area contributed by atoms with E-state index in [0.29, 0.717) is 42.9 Å². The van der Waals surface area contributed by atoms with Crippen LogP contribution < -0.4 is 15.4 Å². The molecule has 0 aliphatic carbocycles. The summed E-state index contributed by atoms with van der Waals surface area (Å²) in [5.74, 6) is 0.266. The highest BCUT2D eigenvalue weighted by Gasteiger charge is 2.23. The van der Waals surface area contributed by atoms with Gasteiger partial charge in [0.2, 0.25) is 5.91 Å². The Labute approximate surface area is 239 Å². The number of benzene rings is 2. The number of hydrogen-bond acceptors (Lipinski definition) is 5. The molecule has 40 heavy (non-hydrogen) atoms. The van der Waals surface area contributed by atoms with Crippen LogP contribution in [0.3, 0.4) is 0 Å².